The van der Waals surface area contributed by atoms with E-state index >= 15 is 0 Å². The molecule has 0 fully saturated rings. The van der Waals surface area contributed by atoms with Gasteiger partial charge in [-0.05, 0) is 22.0 Å². The summed E-state index contributed by atoms with van der Waals surface area (Å²) in [5.41, 5.74) is 0.895. The molecule has 0 aliphatic carbocycles. The molecule has 100 valence electrons. The van der Waals surface area contributed by atoms with E-state index in [1.165, 1.54) is 0 Å². The van der Waals surface area contributed by atoms with Crippen molar-refractivity contribution in [1.29, 1.82) is 5.26 Å². The van der Waals surface area contributed by atoms with Crippen LogP contribution in [0.3, 0.4) is 0 Å². The van der Waals surface area contributed by atoms with Crippen LogP contribution in [-0.4, -0.2) is 22.9 Å². The van der Waals surface area contributed by atoms with Crippen LogP contribution in [0.5, 0.6) is 0 Å². The number of hydrogen-bond donors (Lipinski definition) is 2. The van der Waals surface area contributed by atoms with Gasteiger partial charge in [-0.1, -0.05) is 6.58 Å². The Morgan fingerprint density at radius 2 is 2.26 bits per heavy atom. The molecule has 1 heterocycles. The highest BCUT2D eigenvalue weighted by atomic mass is 79.9. The van der Waals surface area contributed by atoms with Gasteiger partial charge in [-0.25, -0.2) is 0 Å². The molecule has 1 aromatic rings. The van der Waals surface area contributed by atoms with E-state index in [4.69, 9.17) is 5.26 Å². The maximum atomic E-state index is 11.8. The molecule has 2 N–H and O–H groups in total. The number of carbonyl (C=O) groups is 2. The van der Waals surface area contributed by atoms with Gasteiger partial charge in [-0.15, -0.1) is 0 Å². The zero-order valence-electron chi connectivity index (χ0n) is 10.4. The van der Waals surface area contributed by atoms with Gasteiger partial charge in [0.15, 0.2) is 0 Å². The number of aromatic nitrogens is 1. The van der Waals surface area contributed by atoms with Crippen LogP contribution in [0, 0.1) is 11.3 Å². The summed E-state index contributed by atoms with van der Waals surface area (Å²) in [6, 6.07) is 3.49. The summed E-state index contributed by atoms with van der Waals surface area (Å²) in [7, 11) is 1.69. The lowest BCUT2D eigenvalue weighted by Gasteiger charge is -2.02. The van der Waals surface area contributed by atoms with Gasteiger partial charge in [0, 0.05) is 19.8 Å². The molecule has 0 aliphatic heterocycles. The van der Waals surface area contributed by atoms with E-state index in [0.29, 0.717) is 17.9 Å². The zero-order chi connectivity index (χ0) is 14.4. The maximum Gasteiger partial charge on any atom is 0.268 e. The first kappa shape index (κ1) is 15.0. The van der Waals surface area contributed by atoms with Crippen LogP contribution in [0.4, 0.5) is 5.69 Å². The van der Waals surface area contributed by atoms with Crippen LogP contribution in [-0.2, 0) is 11.8 Å². The summed E-state index contributed by atoms with van der Waals surface area (Å²) in [6.45, 7) is 3.75. The molecule has 0 unspecified atom stereocenters. The average Bonchev–Trinajstić information content (AvgIpc) is 2.70. The van der Waals surface area contributed by atoms with E-state index < -0.39 is 0 Å². The third-order valence-electron chi connectivity index (χ3n) is 2.26. The first-order valence-electron chi connectivity index (χ1n) is 5.43. The molecule has 19 heavy (non-hydrogen) atoms. The van der Waals surface area contributed by atoms with Crippen molar-refractivity contribution < 1.29 is 9.59 Å². The van der Waals surface area contributed by atoms with Crippen molar-refractivity contribution in [1.82, 2.24) is 9.88 Å². The number of halogens is 1. The molecular formula is C12H13BrN4O2. The third kappa shape index (κ3) is 4.26. The van der Waals surface area contributed by atoms with Crippen LogP contribution in [0.25, 0.3) is 0 Å². The summed E-state index contributed by atoms with van der Waals surface area (Å²) in [5, 5.41) is 13.6. The smallest absolute Gasteiger partial charge is 0.268 e. The molecule has 2 amide bonds. The third-order valence-corrected chi connectivity index (χ3v) is 2.62. The molecular weight excluding hydrogens is 312 g/mol. The topological polar surface area (TPSA) is 86.9 Å². The lowest BCUT2D eigenvalue weighted by atomic mass is 10.3. The number of rotatable bonds is 5. The number of nitrogens with zero attached hydrogens (tertiary/aromatic N) is 2. The van der Waals surface area contributed by atoms with Gasteiger partial charge < -0.3 is 15.2 Å². The van der Waals surface area contributed by atoms with E-state index in [9.17, 15) is 9.59 Å². The largest absolute Gasteiger partial charge is 0.350 e. The Kier molecular flexibility index (Phi) is 5.33. The predicted molar refractivity (Wildman–Crippen MR) is 74.7 cm³/mol. The van der Waals surface area contributed by atoms with E-state index in [1.54, 1.807) is 23.9 Å². The SMILES string of the molecule is C=C(Br)C(=O)Nc1cc(C(=O)NCCC#N)n(C)c1. The second kappa shape index (κ2) is 6.75. The van der Waals surface area contributed by atoms with Crippen LogP contribution in [0.15, 0.2) is 23.3 Å². The average molecular weight is 325 g/mol. The van der Waals surface area contributed by atoms with Crippen molar-refractivity contribution in [2.24, 2.45) is 7.05 Å². The first-order chi connectivity index (χ1) is 8.95. The van der Waals surface area contributed by atoms with Gasteiger partial charge in [-0.2, -0.15) is 5.26 Å². The van der Waals surface area contributed by atoms with Gasteiger partial charge in [0.2, 0.25) is 0 Å². The molecule has 0 atom stereocenters. The minimum Gasteiger partial charge on any atom is -0.350 e. The molecule has 7 heteroatoms. The lowest BCUT2D eigenvalue weighted by Crippen LogP contribution is -2.25. The fraction of sp³-hybridized carbons (Fsp3) is 0.250. The van der Waals surface area contributed by atoms with Crippen molar-refractivity contribution in [3.8, 4) is 6.07 Å². The van der Waals surface area contributed by atoms with Crippen LogP contribution >= 0.6 is 15.9 Å². The van der Waals surface area contributed by atoms with Crippen LogP contribution in [0.1, 0.15) is 16.9 Å². The second-order valence-electron chi connectivity index (χ2n) is 3.75. The minimum atomic E-state index is -0.373. The van der Waals surface area contributed by atoms with Crippen LogP contribution < -0.4 is 10.6 Å². The Balaban J connectivity index is 2.74. The molecule has 6 nitrogen and oxygen atoms in total. The molecule has 0 saturated heterocycles. The summed E-state index contributed by atoms with van der Waals surface area (Å²) in [4.78, 5) is 23.2. The van der Waals surface area contributed by atoms with Crippen molar-refractivity contribution in [2.45, 2.75) is 6.42 Å². The maximum absolute atomic E-state index is 11.8. The van der Waals surface area contributed by atoms with Gasteiger partial charge in [-0.3, -0.25) is 9.59 Å². The van der Waals surface area contributed by atoms with Gasteiger partial charge in [0.05, 0.1) is 22.7 Å². The van der Waals surface area contributed by atoms with E-state index in [-0.39, 0.29) is 22.7 Å². The summed E-state index contributed by atoms with van der Waals surface area (Å²) >= 11 is 2.97. The van der Waals surface area contributed by atoms with Crippen LogP contribution in [0.2, 0.25) is 0 Å². The number of nitriles is 1. The Bertz CT molecular complexity index is 557. The van der Waals surface area contributed by atoms with Gasteiger partial charge in [0.25, 0.3) is 11.8 Å². The molecule has 1 rings (SSSR count). The fourth-order valence-corrected chi connectivity index (χ4v) is 1.48. The van der Waals surface area contributed by atoms with Crippen molar-refractivity contribution in [2.75, 3.05) is 11.9 Å². The first-order valence-corrected chi connectivity index (χ1v) is 6.22. The molecule has 0 aromatic carbocycles. The highest BCUT2D eigenvalue weighted by molar-refractivity contribution is 9.12. The molecule has 1 aromatic heterocycles. The second-order valence-corrected chi connectivity index (χ2v) is 4.71. The molecule has 0 saturated carbocycles. The summed E-state index contributed by atoms with van der Waals surface area (Å²) in [6.07, 6.45) is 1.87. The van der Waals surface area contributed by atoms with Crippen molar-refractivity contribution in [3.63, 3.8) is 0 Å². The monoisotopic (exact) mass is 324 g/mol. The number of hydrogen-bond acceptors (Lipinski definition) is 3. The highest BCUT2D eigenvalue weighted by Gasteiger charge is 2.13. The molecule has 0 bridgehead atoms. The number of nitrogens with one attached hydrogen (secondary N) is 2. The summed E-state index contributed by atoms with van der Waals surface area (Å²) in [5.74, 6) is -0.669. The number of anilines is 1. The minimum absolute atomic E-state index is 0.205. The zero-order valence-corrected chi connectivity index (χ0v) is 12.0. The Hall–Kier alpha value is -2.07. The van der Waals surface area contributed by atoms with E-state index in [0.717, 1.165) is 0 Å². The fourth-order valence-electron chi connectivity index (χ4n) is 1.38. The predicted octanol–water partition coefficient (Wildman–Crippen LogP) is 1.52. The molecule has 0 radical (unpaired) electrons. The Morgan fingerprint density at radius 1 is 1.58 bits per heavy atom. The highest BCUT2D eigenvalue weighted by Crippen LogP contribution is 2.14. The standard InChI is InChI=1S/C12H13BrN4O2/c1-8(13)11(18)16-9-6-10(17(2)7-9)12(19)15-5-3-4-14/h6-7H,1,3,5H2,2H3,(H,15,19)(H,16,18). The quantitative estimate of drug-likeness (QED) is 0.635. The summed E-state index contributed by atoms with van der Waals surface area (Å²) < 4.78 is 1.80. The molecule has 0 aliphatic rings. The Morgan fingerprint density at radius 3 is 2.84 bits per heavy atom. The van der Waals surface area contributed by atoms with Gasteiger partial charge in [0.1, 0.15) is 5.69 Å². The van der Waals surface area contributed by atoms with E-state index in [2.05, 4.69) is 33.1 Å². The number of carbonyl (C=O) groups excluding carboxylic acids is 2. The van der Waals surface area contributed by atoms with E-state index in [1.807, 2.05) is 6.07 Å². The Labute approximate surface area is 119 Å². The molecule has 0 spiro atoms. The lowest BCUT2D eigenvalue weighted by molar-refractivity contribution is -0.112. The van der Waals surface area contributed by atoms with Crippen molar-refractivity contribution >= 4 is 33.4 Å². The van der Waals surface area contributed by atoms with Gasteiger partial charge >= 0.3 is 0 Å². The number of amides is 2. The van der Waals surface area contributed by atoms with Crippen molar-refractivity contribution in [3.05, 3.63) is 29.0 Å². The normalized spacial score (nSPS) is 9.53. The number of aryl methyl sites for hydroxylation is 1.